The zero-order valence-electron chi connectivity index (χ0n) is 7.52. The highest BCUT2D eigenvalue weighted by molar-refractivity contribution is 7.11. The van der Waals surface area contributed by atoms with Crippen LogP contribution in [0.5, 0.6) is 0 Å². The van der Waals surface area contributed by atoms with Crippen molar-refractivity contribution in [3.8, 4) is 0 Å². The minimum absolute atomic E-state index is 0.130. The minimum Gasteiger partial charge on any atom is -0.146 e. The van der Waals surface area contributed by atoms with Crippen LogP contribution in [0.3, 0.4) is 0 Å². The van der Waals surface area contributed by atoms with Crippen molar-refractivity contribution in [2.24, 2.45) is 5.41 Å². The molecule has 1 aliphatic rings. The maximum Gasteiger partial charge on any atom is 0.0749 e. The van der Waals surface area contributed by atoms with E-state index in [9.17, 15) is 0 Å². The molecule has 1 aromatic heterocycles. The summed E-state index contributed by atoms with van der Waals surface area (Å²) in [5.41, 5.74) is 0.357. The SMILES string of the molecule is CCC1(C(Cl)c2sccc2Cl)CC1. The highest BCUT2D eigenvalue weighted by Crippen LogP contribution is 2.61. The fourth-order valence-electron chi connectivity index (χ4n) is 1.71. The lowest BCUT2D eigenvalue weighted by Gasteiger charge is -2.18. The molecule has 1 heterocycles. The molecule has 13 heavy (non-hydrogen) atoms. The average molecular weight is 235 g/mol. The Labute approximate surface area is 92.9 Å². The van der Waals surface area contributed by atoms with E-state index in [1.54, 1.807) is 11.3 Å². The van der Waals surface area contributed by atoms with E-state index < -0.39 is 0 Å². The second-order valence-electron chi connectivity index (χ2n) is 3.71. The molecule has 0 nitrogen and oxygen atoms in total. The highest BCUT2D eigenvalue weighted by Gasteiger charge is 2.48. The Balaban J connectivity index is 2.22. The van der Waals surface area contributed by atoms with Crippen molar-refractivity contribution in [1.82, 2.24) is 0 Å². The van der Waals surface area contributed by atoms with Gasteiger partial charge >= 0.3 is 0 Å². The van der Waals surface area contributed by atoms with Crippen LogP contribution in [-0.2, 0) is 0 Å². The first-order chi connectivity index (χ1) is 6.19. The fourth-order valence-corrected chi connectivity index (χ4v) is 3.69. The molecule has 1 fully saturated rings. The fraction of sp³-hybridized carbons (Fsp3) is 0.600. The summed E-state index contributed by atoms with van der Waals surface area (Å²) in [6.45, 7) is 2.21. The Bertz CT molecular complexity index is 302. The number of rotatable bonds is 3. The summed E-state index contributed by atoms with van der Waals surface area (Å²) in [7, 11) is 0. The van der Waals surface area contributed by atoms with Gasteiger partial charge in [0.05, 0.1) is 10.4 Å². The van der Waals surface area contributed by atoms with Gasteiger partial charge in [0.2, 0.25) is 0 Å². The van der Waals surface area contributed by atoms with Gasteiger partial charge in [-0.15, -0.1) is 22.9 Å². The lowest BCUT2D eigenvalue weighted by Crippen LogP contribution is -2.06. The Hall–Kier alpha value is 0.280. The number of halogens is 2. The Kier molecular flexibility index (Phi) is 2.61. The van der Waals surface area contributed by atoms with Crippen LogP contribution in [0.15, 0.2) is 11.4 Å². The average Bonchev–Trinajstić information content (AvgIpc) is 2.83. The van der Waals surface area contributed by atoms with E-state index in [2.05, 4.69) is 6.92 Å². The van der Waals surface area contributed by atoms with E-state index in [1.165, 1.54) is 12.8 Å². The molecule has 3 heteroatoms. The van der Waals surface area contributed by atoms with Gasteiger partial charge in [0.15, 0.2) is 0 Å². The largest absolute Gasteiger partial charge is 0.146 e. The van der Waals surface area contributed by atoms with Gasteiger partial charge in [0.25, 0.3) is 0 Å². The third kappa shape index (κ3) is 1.62. The van der Waals surface area contributed by atoms with E-state index in [0.717, 1.165) is 16.3 Å². The summed E-state index contributed by atoms with van der Waals surface area (Å²) >= 11 is 14.2. The molecule has 1 atom stereocenters. The van der Waals surface area contributed by atoms with E-state index in [0.29, 0.717) is 5.41 Å². The molecule has 0 bridgehead atoms. The third-order valence-electron chi connectivity index (χ3n) is 3.01. The summed E-state index contributed by atoms with van der Waals surface area (Å²) in [5, 5.41) is 2.98. The molecular formula is C10H12Cl2S. The zero-order valence-corrected chi connectivity index (χ0v) is 9.85. The molecule has 0 radical (unpaired) electrons. The highest BCUT2D eigenvalue weighted by atomic mass is 35.5. The topological polar surface area (TPSA) is 0 Å². The molecule has 1 aliphatic carbocycles. The van der Waals surface area contributed by atoms with E-state index in [1.807, 2.05) is 11.4 Å². The van der Waals surface area contributed by atoms with Crippen LogP contribution < -0.4 is 0 Å². The summed E-state index contributed by atoms with van der Waals surface area (Å²) < 4.78 is 0. The van der Waals surface area contributed by atoms with Crippen molar-refractivity contribution in [2.75, 3.05) is 0 Å². The standard InChI is InChI=1S/C10H12Cl2S/c1-2-10(4-5-10)9(12)8-7(11)3-6-13-8/h3,6,9H,2,4-5H2,1H3. The van der Waals surface area contributed by atoms with Gasteiger partial charge in [0, 0.05) is 4.88 Å². The predicted molar refractivity (Wildman–Crippen MR) is 59.9 cm³/mol. The molecule has 0 spiro atoms. The van der Waals surface area contributed by atoms with Crippen LogP contribution in [0.25, 0.3) is 0 Å². The Morgan fingerprint density at radius 2 is 2.31 bits per heavy atom. The van der Waals surface area contributed by atoms with Gasteiger partial charge in [-0.2, -0.15) is 0 Å². The molecule has 0 amide bonds. The first-order valence-corrected chi connectivity index (χ1v) is 6.26. The summed E-state index contributed by atoms with van der Waals surface area (Å²) in [4.78, 5) is 1.16. The van der Waals surface area contributed by atoms with Crippen molar-refractivity contribution in [3.05, 3.63) is 21.3 Å². The summed E-state index contributed by atoms with van der Waals surface area (Å²) in [6, 6.07) is 1.93. The third-order valence-corrected chi connectivity index (χ3v) is 5.24. The molecule has 1 aromatic rings. The first-order valence-electron chi connectivity index (χ1n) is 4.56. The van der Waals surface area contributed by atoms with Crippen LogP contribution in [0, 0.1) is 5.41 Å². The lowest BCUT2D eigenvalue weighted by molar-refractivity contribution is 0.476. The minimum atomic E-state index is 0.130. The molecule has 0 saturated heterocycles. The first kappa shape index (κ1) is 9.82. The number of alkyl halides is 1. The van der Waals surface area contributed by atoms with Crippen LogP contribution in [0.1, 0.15) is 36.4 Å². The van der Waals surface area contributed by atoms with Crippen LogP contribution in [0.2, 0.25) is 5.02 Å². The van der Waals surface area contributed by atoms with Crippen molar-refractivity contribution < 1.29 is 0 Å². The van der Waals surface area contributed by atoms with Crippen LogP contribution in [-0.4, -0.2) is 0 Å². The van der Waals surface area contributed by atoms with Crippen molar-refractivity contribution >= 4 is 34.5 Å². The maximum atomic E-state index is 6.43. The second-order valence-corrected chi connectivity index (χ2v) is 5.50. The van der Waals surface area contributed by atoms with Gasteiger partial charge in [-0.05, 0) is 36.1 Å². The quantitative estimate of drug-likeness (QED) is 0.655. The zero-order chi connectivity index (χ0) is 9.47. The van der Waals surface area contributed by atoms with E-state index in [4.69, 9.17) is 23.2 Å². The second kappa shape index (κ2) is 3.45. The van der Waals surface area contributed by atoms with E-state index >= 15 is 0 Å². The molecule has 2 rings (SSSR count). The van der Waals surface area contributed by atoms with E-state index in [-0.39, 0.29) is 5.38 Å². The molecule has 0 N–H and O–H groups in total. The Morgan fingerprint density at radius 1 is 1.62 bits per heavy atom. The molecule has 0 aliphatic heterocycles. The molecule has 1 saturated carbocycles. The van der Waals surface area contributed by atoms with Crippen molar-refractivity contribution in [2.45, 2.75) is 31.6 Å². The number of hydrogen-bond acceptors (Lipinski definition) is 1. The number of thiophene rings is 1. The molecule has 0 aromatic carbocycles. The smallest absolute Gasteiger partial charge is 0.0749 e. The maximum absolute atomic E-state index is 6.43. The van der Waals surface area contributed by atoms with Gasteiger partial charge in [-0.25, -0.2) is 0 Å². The summed E-state index contributed by atoms with van der Waals surface area (Å²) in [5.74, 6) is 0. The van der Waals surface area contributed by atoms with Gasteiger partial charge < -0.3 is 0 Å². The van der Waals surface area contributed by atoms with Crippen LogP contribution in [0.4, 0.5) is 0 Å². The van der Waals surface area contributed by atoms with Crippen LogP contribution >= 0.6 is 34.5 Å². The van der Waals surface area contributed by atoms with Gasteiger partial charge in [-0.3, -0.25) is 0 Å². The van der Waals surface area contributed by atoms with Gasteiger partial charge in [-0.1, -0.05) is 18.5 Å². The van der Waals surface area contributed by atoms with Gasteiger partial charge in [0.1, 0.15) is 0 Å². The monoisotopic (exact) mass is 234 g/mol. The number of hydrogen-bond donors (Lipinski definition) is 0. The van der Waals surface area contributed by atoms with Crippen molar-refractivity contribution in [3.63, 3.8) is 0 Å². The normalized spacial score (nSPS) is 21.5. The Morgan fingerprint density at radius 3 is 2.69 bits per heavy atom. The van der Waals surface area contributed by atoms with Crippen molar-refractivity contribution in [1.29, 1.82) is 0 Å². The molecular weight excluding hydrogens is 223 g/mol. The molecule has 1 unspecified atom stereocenters. The predicted octanol–water partition coefficient (Wildman–Crippen LogP) is 4.87. The lowest BCUT2D eigenvalue weighted by atomic mass is 9.98. The summed E-state index contributed by atoms with van der Waals surface area (Å²) in [6.07, 6.45) is 3.67. The molecule has 72 valence electrons.